The van der Waals surface area contributed by atoms with Gasteiger partial charge in [0.1, 0.15) is 0 Å². The van der Waals surface area contributed by atoms with Gasteiger partial charge in [0.25, 0.3) is 0 Å². The Kier molecular flexibility index (Phi) is 8.09. The summed E-state index contributed by atoms with van der Waals surface area (Å²) in [4.78, 5) is 0. The molecule has 3 aliphatic rings. The van der Waals surface area contributed by atoms with Crippen molar-refractivity contribution in [2.45, 2.75) is 20.7 Å². The molecule has 0 N–H and O–H groups in total. The molecule has 3 unspecified atom stereocenters. The first kappa shape index (κ1) is 26.8. The van der Waals surface area contributed by atoms with E-state index in [0.29, 0.717) is 7.35 Å². The van der Waals surface area contributed by atoms with Crippen molar-refractivity contribution in [1.82, 2.24) is 0 Å². The summed E-state index contributed by atoms with van der Waals surface area (Å²) in [5.41, 5.74) is 11.9. The minimum Gasteiger partial charge on any atom is -1.00 e. The van der Waals surface area contributed by atoms with Crippen LogP contribution in [0.1, 0.15) is 42.9 Å². The monoisotopic (exact) mass is 704 g/mol. The van der Waals surface area contributed by atoms with E-state index in [-0.39, 0.29) is 32.7 Å². The van der Waals surface area contributed by atoms with Crippen LogP contribution in [0.25, 0.3) is 34.4 Å². The predicted octanol–water partition coefficient (Wildman–Crippen LogP) is 2.81. The van der Waals surface area contributed by atoms with Crippen molar-refractivity contribution in [2.24, 2.45) is 0 Å². The van der Waals surface area contributed by atoms with Gasteiger partial charge in [-0.1, -0.05) is 0 Å². The number of hydrogen-bond acceptors (Lipinski definition) is 0. The molecule has 37 heavy (non-hydrogen) atoms. The second-order valence-corrected chi connectivity index (χ2v) is 17.5. The van der Waals surface area contributed by atoms with Crippen LogP contribution in [0.3, 0.4) is 0 Å². The van der Waals surface area contributed by atoms with Crippen LogP contribution in [0.15, 0.2) is 102 Å². The third-order valence-electron chi connectivity index (χ3n) is 7.64. The van der Waals surface area contributed by atoms with Crippen molar-refractivity contribution in [3.05, 3.63) is 125 Å². The van der Waals surface area contributed by atoms with E-state index in [0.717, 1.165) is 0 Å². The van der Waals surface area contributed by atoms with Gasteiger partial charge in [0.2, 0.25) is 0 Å². The fourth-order valence-corrected chi connectivity index (χ4v) is 17.2. The molecule has 0 aromatic heterocycles. The maximum atomic E-state index is 2.64. The Balaban J connectivity index is 0.00000140. The fourth-order valence-electron chi connectivity index (χ4n) is 6.11. The largest absolute Gasteiger partial charge is 1.00 e. The standard InChI is InChI=1S/C18H16P.C15H11.2ClH.Hf/c1-2-10-19-14-11-13-6-5-8-15(17(13)12-14)16-7-3-4-9-18(16)19;1-2-6-12(7-3-1)14-10-4-8-13-9-5-11-15(13)14;;;/h3-9,11-12H,2,10H2,1H3;1-11H;2*1H;/q;;;;+2/p-2. The van der Waals surface area contributed by atoms with Crippen molar-refractivity contribution < 1.29 is 47.7 Å². The molecule has 1 heterocycles. The number of hydrogen-bond donors (Lipinski definition) is 0. The molecule has 3 atom stereocenters. The van der Waals surface area contributed by atoms with Gasteiger partial charge in [-0.15, -0.1) is 0 Å². The number of rotatable bonds is 5. The van der Waals surface area contributed by atoms with Gasteiger partial charge in [0, 0.05) is 0 Å². The second-order valence-electron chi connectivity index (χ2n) is 9.66. The summed E-state index contributed by atoms with van der Waals surface area (Å²) in [7, 11) is -0.261. The van der Waals surface area contributed by atoms with Crippen molar-refractivity contribution in [3.63, 3.8) is 0 Å². The van der Waals surface area contributed by atoms with Gasteiger partial charge >= 0.3 is 222 Å². The molecular weight excluding hydrogens is 677 g/mol. The average molecular weight is 704 g/mol. The van der Waals surface area contributed by atoms with Crippen LogP contribution >= 0.6 is 7.92 Å². The van der Waals surface area contributed by atoms with Crippen molar-refractivity contribution >= 4 is 25.4 Å². The van der Waals surface area contributed by atoms with Gasteiger partial charge in [-0.05, 0) is 0 Å². The summed E-state index contributed by atoms with van der Waals surface area (Å²) < 4.78 is 1.36. The Morgan fingerprint density at radius 3 is 2.22 bits per heavy atom. The van der Waals surface area contributed by atoms with E-state index in [1.165, 1.54) is 46.0 Å². The Morgan fingerprint density at radius 1 is 0.703 bits per heavy atom. The maximum absolute atomic E-state index is 2.64. The molecule has 0 amide bonds. The summed E-state index contributed by atoms with van der Waals surface area (Å²) in [6.45, 7) is 2.36. The number of allylic oxidation sites excluding steroid dienone is 2. The van der Waals surface area contributed by atoms with Crippen LogP contribution in [0.5, 0.6) is 0 Å². The minimum absolute atomic E-state index is 0. The van der Waals surface area contributed by atoms with Gasteiger partial charge in [0.15, 0.2) is 0 Å². The number of benzene rings is 4. The Hall–Kier alpha value is -1.76. The van der Waals surface area contributed by atoms with Crippen LogP contribution < -0.4 is 30.1 Å². The molecule has 0 nitrogen and oxygen atoms in total. The fraction of sp³-hybridized carbons (Fsp3) is 0.152. The van der Waals surface area contributed by atoms with Crippen LogP contribution in [-0.2, 0) is 22.9 Å². The second kappa shape index (κ2) is 11.2. The average Bonchev–Trinajstić information content (AvgIpc) is 3.46. The molecule has 4 aromatic carbocycles. The molecule has 0 saturated heterocycles. The van der Waals surface area contributed by atoms with Gasteiger partial charge in [-0.2, -0.15) is 0 Å². The smallest absolute Gasteiger partial charge is 1.00 e. The molecule has 4 aromatic rings. The zero-order valence-corrected chi connectivity index (χ0v) is 26.7. The van der Waals surface area contributed by atoms with Crippen molar-refractivity contribution in [3.8, 4) is 22.3 Å². The first-order valence-corrected chi connectivity index (χ1v) is 18.3. The minimum atomic E-state index is -1.13. The Labute approximate surface area is 245 Å². The topological polar surface area (TPSA) is 0 Å². The molecule has 2 aliphatic carbocycles. The van der Waals surface area contributed by atoms with Crippen LogP contribution in [0.2, 0.25) is 0 Å². The Morgan fingerprint density at radius 2 is 1.41 bits per heavy atom. The molecule has 7 rings (SSSR count). The predicted molar refractivity (Wildman–Crippen MR) is 148 cm³/mol. The van der Waals surface area contributed by atoms with Crippen LogP contribution in [-0.4, -0.2) is 6.16 Å². The van der Waals surface area contributed by atoms with Gasteiger partial charge in [-0.3, -0.25) is 0 Å². The molecule has 0 radical (unpaired) electrons. The van der Waals surface area contributed by atoms with Crippen molar-refractivity contribution in [2.75, 3.05) is 6.16 Å². The SMILES string of the molecule is CCCP1C2=Cc3c(cccc3[CH]2[Hf+2][CH]2C=Cc3c(-c4ccccc4)cccc32)-c2ccccc21.[Cl-].[Cl-]. The maximum Gasteiger partial charge on any atom is -1.00 e. The molecule has 1 aliphatic heterocycles. The van der Waals surface area contributed by atoms with Crippen molar-refractivity contribution in [1.29, 1.82) is 0 Å². The van der Waals surface area contributed by atoms with E-state index in [1.54, 1.807) is 21.7 Å². The van der Waals surface area contributed by atoms with E-state index in [1.807, 2.05) is 0 Å². The van der Waals surface area contributed by atoms with Crippen LogP contribution in [0.4, 0.5) is 0 Å². The summed E-state index contributed by atoms with van der Waals surface area (Å²) in [5, 5.41) is 3.41. The molecule has 0 spiro atoms. The normalized spacial score (nSPS) is 19.5. The molecule has 0 fully saturated rings. The summed E-state index contributed by atoms with van der Waals surface area (Å²) in [6.07, 6.45) is 10.2. The van der Waals surface area contributed by atoms with Crippen LogP contribution in [0, 0.1) is 0 Å². The first-order valence-electron chi connectivity index (χ1n) is 12.7. The third-order valence-corrected chi connectivity index (χ3v) is 17.9. The number of halogens is 2. The zero-order valence-electron chi connectivity index (χ0n) is 20.7. The zero-order chi connectivity index (χ0) is 23.4. The van der Waals surface area contributed by atoms with E-state index in [4.69, 9.17) is 0 Å². The first-order chi connectivity index (χ1) is 17.3. The van der Waals surface area contributed by atoms with E-state index >= 15 is 0 Å². The number of fused-ring (bicyclic) bond motifs is 3. The third kappa shape index (κ3) is 4.47. The molecule has 4 heteroatoms. The van der Waals surface area contributed by atoms with E-state index in [2.05, 4.69) is 116 Å². The molecule has 182 valence electrons. The quantitative estimate of drug-likeness (QED) is 0.222. The van der Waals surface area contributed by atoms with Gasteiger partial charge in [0.05, 0.1) is 0 Å². The van der Waals surface area contributed by atoms with E-state index < -0.39 is 22.9 Å². The van der Waals surface area contributed by atoms with Gasteiger partial charge in [-0.25, -0.2) is 0 Å². The molecule has 0 saturated carbocycles. The van der Waals surface area contributed by atoms with Gasteiger partial charge < -0.3 is 24.8 Å². The molecular formula is C33H27Cl2HfP. The summed E-state index contributed by atoms with van der Waals surface area (Å²) in [6, 6.07) is 34.3. The summed E-state index contributed by atoms with van der Waals surface area (Å²) >= 11 is -1.13. The summed E-state index contributed by atoms with van der Waals surface area (Å²) in [5.74, 6) is 0. The van der Waals surface area contributed by atoms with E-state index in [9.17, 15) is 0 Å². The molecule has 2 bridgehead atoms. The Bertz CT molecular complexity index is 1510.